The zero-order chi connectivity index (χ0) is 12.3. The van der Waals surface area contributed by atoms with Crippen molar-refractivity contribution < 1.29 is 5.11 Å². The molecule has 16 heavy (non-hydrogen) atoms. The Labute approximate surface area is 110 Å². The fourth-order valence-electron chi connectivity index (χ4n) is 1.44. The van der Waals surface area contributed by atoms with Crippen molar-refractivity contribution in [3.63, 3.8) is 0 Å². The van der Waals surface area contributed by atoms with Crippen LogP contribution in [0.3, 0.4) is 0 Å². The zero-order valence-corrected chi connectivity index (χ0v) is 12.0. The molecule has 0 atom stereocenters. The van der Waals surface area contributed by atoms with Crippen LogP contribution in [0.25, 0.3) is 0 Å². The van der Waals surface area contributed by atoms with Crippen molar-refractivity contribution in [2.75, 3.05) is 18.0 Å². The number of nitrogens with zero attached hydrogens (tertiary/aromatic N) is 2. The van der Waals surface area contributed by atoms with Crippen LogP contribution in [0.5, 0.6) is 0 Å². The number of anilines is 1. The van der Waals surface area contributed by atoms with Crippen LogP contribution in [0.1, 0.15) is 20.8 Å². The highest BCUT2D eigenvalue weighted by Gasteiger charge is 2.20. The Morgan fingerprint density at radius 2 is 2.19 bits per heavy atom. The number of rotatable bonds is 4. The maximum atomic E-state index is 9.80. The van der Waals surface area contributed by atoms with Crippen molar-refractivity contribution in [2.24, 2.45) is 0 Å². The van der Waals surface area contributed by atoms with Gasteiger partial charge in [0.15, 0.2) is 0 Å². The topological polar surface area (TPSA) is 36.4 Å². The largest absolute Gasteiger partial charge is 0.389 e. The molecule has 1 rings (SSSR count). The predicted octanol–water partition coefficient (Wildman–Crippen LogP) is 3.09. The van der Waals surface area contributed by atoms with Gasteiger partial charge in [0.05, 0.1) is 10.6 Å². The summed E-state index contributed by atoms with van der Waals surface area (Å²) in [5, 5.41) is 10.4. The van der Waals surface area contributed by atoms with Crippen molar-refractivity contribution >= 4 is 33.3 Å². The highest BCUT2D eigenvalue weighted by atomic mass is 79.9. The number of aromatic nitrogens is 1. The third-order valence-corrected chi connectivity index (χ3v) is 2.76. The minimum atomic E-state index is -0.770. The molecule has 0 bridgehead atoms. The Morgan fingerprint density at radius 3 is 2.62 bits per heavy atom. The standard InChI is InChI=1S/C11H16BrClN2O/c1-4-15(7-11(2,3)16)10-9(13)5-8(12)6-14-10/h5-6,16H,4,7H2,1-3H3. The molecular weight excluding hydrogens is 291 g/mol. The van der Waals surface area contributed by atoms with Gasteiger partial charge in [0.1, 0.15) is 5.82 Å². The first-order valence-electron chi connectivity index (χ1n) is 5.12. The molecule has 0 unspecified atom stereocenters. The second kappa shape index (κ2) is 5.34. The van der Waals surface area contributed by atoms with E-state index in [2.05, 4.69) is 20.9 Å². The fourth-order valence-corrected chi connectivity index (χ4v) is 2.19. The van der Waals surface area contributed by atoms with Gasteiger partial charge >= 0.3 is 0 Å². The van der Waals surface area contributed by atoms with Gasteiger partial charge < -0.3 is 10.0 Å². The smallest absolute Gasteiger partial charge is 0.147 e. The molecule has 0 spiro atoms. The van der Waals surface area contributed by atoms with E-state index in [1.165, 1.54) is 0 Å². The quantitative estimate of drug-likeness (QED) is 0.928. The lowest BCUT2D eigenvalue weighted by molar-refractivity contribution is 0.0874. The van der Waals surface area contributed by atoms with E-state index in [4.69, 9.17) is 11.6 Å². The highest BCUT2D eigenvalue weighted by molar-refractivity contribution is 9.10. The molecule has 0 saturated heterocycles. The third kappa shape index (κ3) is 3.92. The van der Waals surface area contributed by atoms with Crippen molar-refractivity contribution in [3.8, 4) is 0 Å². The first-order chi connectivity index (χ1) is 7.33. The van der Waals surface area contributed by atoms with Crippen LogP contribution >= 0.6 is 27.5 Å². The maximum Gasteiger partial charge on any atom is 0.147 e. The molecule has 5 heteroatoms. The average Bonchev–Trinajstić information content (AvgIpc) is 2.13. The van der Waals surface area contributed by atoms with Gasteiger partial charge in [0.2, 0.25) is 0 Å². The molecule has 1 aromatic heterocycles. The molecule has 90 valence electrons. The second-order valence-electron chi connectivity index (χ2n) is 4.29. The van der Waals surface area contributed by atoms with Crippen LogP contribution in [-0.2, 0) is 0 Å². The molecule has 0 saturated carbocycles. The van der Waals surface area contributed by atoms with Crippen molar-refractivity contribution in [3.05, 3.63) is 21.8 Å². The van der Waals surface area contributed by atoms with Gasteiger partial charge in [-0.3, -0.25) is 0 Å². The first-order valence-corrected chi connectivity index (χ1v) is 6.29. The Kier molecular flexibility index (Phi) is 4.59. The van der Waals surface area contributed by atoms with E-state index in [1.807, 2.05) is 11.8 Å². The van der Waals surface area contributed by atoms with E-state index in [0.717, 1.165) is 11.0 Å². The summed E-state index contributed by atoms with van der Waals surface area (Å²) in [6, 6.07) is 1.80. The zero-order valence-electron chi connectivity index (χ0n) is 9.67. The van der Waals surface area contributed by atoms with Crippen LogP contribution < -0.4 is 4.90 Å². The number of pyridine rings is 1. The van der Waals surface area contributed by atoms with Gasteiger partial charge in [-0.15, -0.1) is 0 Å². The van der Waals surface area contributed by atoms with E-state index in [1.54, 1.807) is 26.1 Å². The second-order valence-corrected chi connectivity index (χ2v) is 5.61. The molecule has 1 N–H and O–H groups in total. The lowest BCUT2D eigenvalue weighted by atomic mass is 10.1. The molecular formula is C11H16BrClN2O. The molecule has 0 fully saturated rings. The lowest BCUT2D eigenvalue weighted by Gasteiger charge is -2.29. The third-order valence-electron chi connectivity index (χ3n) is 2.05. The average molecular weight is 308 g/mol. The molecule has 3 nitrogen and oxygen atoms in total. The van der Waals surface area contributed by atoms with Gasteiger partial charge in [-0.05, 0) is 42.8 Å². The molecule has 0 aliphatic rings. The summed E-state index contributed by atoms with van der Waals surface area (Å²) >= 11 is 9.43. The van der Waals surface area contributed by atoms with Gasteiger partial charge in [-0.2, -0.15) is 0 Å². The normalized spacial score (nSPS) is 11.6. The lowest BCUT2D eigenvalue weighted by Crippen LogP contribution is -2.39. The molecule has 0 aliphatic heterocycles. The molecule has 0 amide bonds. The summed E-state index contributed by atoms with van der Waals surface area (Å²) in [7, 11) is 0. The number of hydrogen-bond donors (Lipinski definition) is 1. The van der Waals surface area contributed by atoms with Crippen LogP contribution in [0.4, 0.5) is 5.82 Å². The number of halogens is 2. The van der Waals surface area contributed by atoms with Crippen LogP contribution in [0.15, 0.2) is 16.7 Å². The molecule has 0 radical (unpaired) electrons. The van der Waals surface area contributed by atoms with Gasteiger partial charge in [0, 0.05) is 23.8 Å². The summed E-state index contributed by atoms with van der Waals surface area (Å²) in [4.78, 5) is 6.22. The Morgan fingerprint density at radius 1 is 1.56 bits per heavy atom. The van der Waals surface area contributed by atoms with Crippen LogP contribution in [0, 0.1) is 0 Å². The predicted molar refractivity (Wildman–Crippen MR) is 71.1 cm³/mol. The molecule has 0 aliphatic carbocycles. The molecule has 1 heterocycles. The van der Waals surface area contributed by atoms with Crippen molar-refractivity contribution in [1.82, 2.24) is 4.98 Å². The van der Waals surface area contributed by atoms with Crippen molar-refractivity contribution in [1.29, 1.82) is 0 Å². The minimum absolute atomic E-state index is 0.498. The number of hydrogen-bond acceptors (Lipinski definition) is 3. The number of aliphatic hydroxyl groups is 1. The van der Waals surface area contributed by atoms with Crippen molar-refractivity contribution in [2.45, 2.75) is 26.4 Å². The summed E-state index contributed by atoms with van der Waals surface area (Å²) in [5.74, 6) is 0.703. The SMILES string of the molecule is CCN(CC(C)(C)O)c1ncc(Br)cc1Cl. The first kappa shape index (κ1) is 13.7. The fraction of sp³-hybridized carbons (Fsp3) is 0.545. The van der Waals surface area contributed by atoms with E-state index < -0.39 is 5.60 Å². The van der Waals surface area contributed by atoms with Crippen LogP contribution in [0.2, 0.25) is 5.02 Å². The number of likely N-dealkylation sites (N-methyl/N-ethyl adjacent to an activating group) is 1. The van der Waals surface area contributed by atoms with Gasteiger partial charge in [-0.1, -0.05) is 11.6 Å². The van der Waals surface area contributed by atoms with Crippen LogP contribution in [-0.4, -0.2) is 28.8 Å². The van der Waals surface area contributed by atoms with Gasteiger partial charge in [-0.25, -0.2) is 4.98 Å². The van der Waals surface area contributed by atoms with E-state index in [0.29, 0.717) is 17.4 Å². The highest BCUT2D eigenvalue weighted by Crippen LogP contribution is 2.27. The molecule has 1 aromatic rings. The minimum Gasteiger partial charge on any atom is -0.389 e. The summed E-state index contributed by atoms with van der Waals surface area (Å²) in [6.45, 7) is 6.78. The molecule has 0 aromatic carbocycles. The van der Waals surface area contributed by atoms with E-state index in [-0.39, 0.29) is 0 Å². The summed E-state index contributed by atoms with van der Waals surface area (Å²) in [5.41, 5.74) is -0.770. The van der Waals surface area contributed by atoms with E-state index in [9.17, 15) is 5.11 Å². The summed E-state index contributed by atoms with van der Waals surface area (Å²) in [6.07, 6.45) is 1.70. The Balaban J connectivity index is 2.95. The van der Waals surface area contributed by atoms with Gasteiger partial charge in [0.25, 0.3) is 0 Å². The van der Waals surface area contributed by atoms with E-state index >= 15 is 0 Å². The monoisotopic (exact) mass is 306 g/mol. The maximum absolute atomic E-state index is 9.80. The Bertz CT molecular complexity index is 365. The Hall–Kier alpha value is -0.320. The summed E-state index contributed by atoms with van der Waals surface area (Å²) < 4.78 is 0.848.